The number of H-pyrrole nitrogens is 1. The summed E-state index contributed by atoms with van der Waals surface area (Å²) in [5, 5.41) is 5.75. The molecular formula is C21H26N6O. The van der Waals surface area contributed by atoms with Gasteiger partial charge in [-0.25, -0.2) is 14.8 Å². The van der Waals surface area contributed by atoms with Crippen LogP contribution in [0.2, 0.25) is 0 Å². The number of fused-ring (bicyclic) bond motifs is 1. The molecule has 146 valence electrons. The van der Waals surface area contributed by atoms with Gasteiger partial charge in [0.05, 0.1) is 11.0 Å². The quantitative estimate of drug-likeness (QED) is 0.615. The molecule has 7 nitrogen and oxygen atoms in total. The number of benzene rings is 1. The highest BCUT2D eigenvalue weighted by atomic mass is 16.2. The number of anilines is 1. The van der Waals surface area contributed by atoms with Crippen molar-refractivity contribution in [2.45, 2.75) is 32.2 Å². The Bertz CT molecular complexity index is 881. The second-order valence-electron chi connectivity index (χ2n) is 7.13. The van der Waals surface area contributed by atoms with Crippen LogP contribution in [0, 0.1) is 0 Å². The number of hydrogen-bond donors (Lipinski definition) is 3. The fourth-order valence-corrected chi connectivity index (χ4v) is 3.49. The van der Waals surface area contributed by atoms with Crippen LogP contribution >= 0.6 is 0 Å². The van der Waals surface area contributed by atoms with Gasteiger partial charge in [0.15, 0.2) is 0 Å². The number of piperidine rings is 1. The summed E-state index contributed by atoms with van der Waals surface area (Å²) in [4.78, 5) is 26.7. The Hall–Kier alpha value is -3.09. The van der Waals surface area contributed by atoms with Crippen LogP contribution in [0.25, 0.3) is 11.0 Å². The highest BCUT2D eigenvalue weighted by molar-refractivity contribution is 5.75. The number of imidazole rings is 1. The average molecular weight is 378 g/mol. The molecule has 3 N–H and O–H groups in total. The molecule has 0 unspecified atom stereocenters. The largest absolute Gasteiger partial charge is 0.357 e. The molecule has 1 aromatic carbocycles. The first-order valence-corrected chi connectivity index (χ1v) is 9.93. The van der Waals surface area contributed by atoms with Crippen LogP contribution in [0.1, 0.15) is 30.7 Å². The third-order valence-electron chi connectivity index (χ3n) is 5.03. The monoisotopic (exact) mass is 378 g/mol. The molecule has 7 heteroatoms. The van der Waals surface area contributed by atoms with E-state index in [4.69, 9.17) is 0 Å². The molecule has 0 saturated carbocycles. The van der Waals surface area contributed by atoms with Crippen molar-refractivity contribution in [1.29, 1.82) is 0 Å². The van der Waals surface area contributed by atoms with Crippen molar-refractivity contribution < 1.29 is 4.79 Å². The van der Waals surface area contributed by atoms with Crippen LogP contribution in [-0.4, -0.2) is 40.6 Å². The summed E-state index contributed by atoms with van der Waals surface area (Å²) in [7, 11) is 0. The molecule has 0 radical (unpaired) electrons. The van der Waals surface area contributed by atoms with Crippen LogP contribution < -0.4 is 15.5 Å². The number of carbonyl (C=O) groups excluding carboxylic acids is 1. The van der Waals surface area contributed by atoms with Gasteiger partial charge in [-0.1, -0.05) is 18.2 Å². The molecule has 28 heavy (non-hydrogen) atoms. The maximum atomic E-state index is 12.0. The predicted octanol–water partition coefficient (Wildman–Crippen LogP) is 2.99. The molecule has 1 aliphatic rings. The number of rotatable bonds is 6. The number of urea groups is 1. The molecule has 4 rings (SSSR count). The van der Waals surface area contributed by atoms with Gasteiger partial charge in [-0.05, 0) is 43.0 Å². The topological polar surface area (TPSA) is 85.9 Å². The molecule has 0 atom stereocenters. The zero-order valence-electron chi connectivity index (χ0n) is 15.9. The highest BCUT2D eigenvalue weighted by Gasteiger charge is 2.11. The number of para-hydroxylation sites is 2. The fourth-order valence-electron chi connectivity index (χ4n) is 3.49. The van der Waals surface area contributed by atoms with Gasteiger partial charge < -0.3 is 20.5 Å². The van der Waals surface area contributed by atoms with Gasteiger partial charge in [0.25, 0.3) is 0 Å². The van der Waals surface area contributed by atoms with Gasteiger partial charge in [0.2, 0.25) is 0 Å². The molecule has 1 saturated heterocycles. The first-order valence-electron chi connectivity index (χ1n) is 9.93. The van der Waals surface area contributed by atoms with E-state index in [1.165, 1.54) is 19.3 Å². The lowest BCUT2D eigenvalue weighted by molar-refractivity contribution is 0.240. The lowest BCUT2D eigenvalue weighted by Crippen LogP contribution is -2.36. The van der Waals surface area contributed by atoms with Crippen molar-refractivity contribution in [2.75, 3.05) is 24.5 Å². The van der Waals surface area contributed by atoms with E-state index in [2.05, 4.69) is 30.5 Å². The summed E-state index contributed by atoms with van der Waals surface area (Å²) in [6.07, 6.45) is 6.29. The Balaban J connectivity index is 1.19. The molecule has 0 bridgehead atoms. The number of pyridine rings is 1. The van der Waals surface area contributed by atoms with Gasteiger partial charge in [-0.15, -0.1) is 0 Å². The highest BCUT2D eigenvalue weighted by Crippen LogP contribution is 2.17. The van der Waals surface area contributed by atoms with Crippen molar-refractivity contribution >= 4 is 22.9 Å². The number of aromatic nitrogens is 3. The Morgan fingerprint density at radius 2 is 1.93 bits per heavy atom. The van der Waals surface area contributed by atoms with Crippen molar-refractivity contribution in [3.05, 3.63) is 54.0 Å². The van der Waals surface area contributed by atoms with E-state index in [1.54, 1.807) is 0 Å². The van der Waals surface area contributed by atoms with Crippen LogP contribution in [0.5, 0.6) is 0 Å². The normalized spacial score (nSPS) is 14.2. The molecule has 1 aliphatic heterocycles. The minimum absolute atomic E-state index is 0.184. The number of nitrogens with one attached hydrogen (secondary N) is 3. The summed E-state index contributed by atoms with van der Waals surface area (Å²) < 4.78 is 0. The van der Waals surface area contributed by atoms with Crippen molar-refractivity contribution in [2.24, 2.45) is 0 Å². The van der Waals surface area contributed by atoms with Gasteiger partial charge in [0.1, 0.15) is 11.6 Å². The van der Waals surface area contributed by atoms with E-state index < -0.39 is 0 Å². The lowest BCUT2D eigenvalue weighted by Gasteiger charge is -2.27. The van der Waals surface area contributed by atoms with E-state index in [9.17, 15) is 4.79 Å². The summed E-state index contributed by atoms with van der Waals surface area (Å²) in [6.45, 7) is 3.15. The SMILES string of the molecule is O=C(NCCc1nc2ccccc2[nH]1)NCc1ccc(N2CCCCC2)nc1. The minimum Gasteiger partial charge on any atom is -0.357 e. The summed E-state index contributed by atoms with van der Waals surface area (Å²) >= 11 is 0. The molecule has 2 amide bonds. The third kappa shape index (κ3) is 4.60. The first-order chi connectivity index (χ1) is 13.8. The standard InChI is InChI=1S/C21H26N6O/c28-21(22-11-10-19-25-17-6-2-3-7-18(17)26-19)24-15-16-8-9-20(23-14-16)27-12-4-1-5-13-27/h2-3,6-9,14H,1,4-5,10-13,15H2,(H,25,26)(H2,22,24,28). The third-order valence-corrected chi connectivity index (χ3v) is 5.03. The summed E-state index contributed by atoms with van der Waals surface area (Å²) in [5.74, 6) is 1.90. The van der Waals surface area contributed by atoms with E-state index in [0.29, 0.717) is 19.5 Å². The molecule has 0 aliphatic carbocycles. The zero-order valence-corrected chi connectivity index (χ0v) is 15.9. The molecule has 3 aromatic rings. The van der Waals surface area contributed by atoms with Gasteiger partial charge >= 0.3 is 6.03 Å². The van der Waals surface area contributed by atoms with Crippen LogP contribution in [0.3, 0.4) is 0 Å². The van der Waals surface area contributed by atoms with E-state index in [1.807, 2.05) is 42.6 Å². The lowest BCUT2D eigenvalue weighted by atomic mass is 10.1. The number of hydrogen-bond acceptors (Lipinski definition) is 4. The molecule has 0 spiro atoms. The smallest absolute Gasteiger partial charge is 0.315 e. The van der Waals surface area contributed by atoms with Crippen molar-refractivity contribution in [3.63, 3.8) is 0 Å². The Morgan fingerprint density at radius 1 is 1.07 bits per heavy atom. The summed E-state index contributed by atoms with van der Waals surface area (Å²) in [5.41, 5.74) is 2.96. The minimum atomic E-state index is -0.184. The van der Waals surface area contributed by atoms with E-state index in [-0.39, 0.29) is 6.03 Å². The maximum Gasteiger partial charge on any atom is 0.315 e. The van der Waals surface area contributed by atoms with Gasteiger partial charge in [-0.3, -0.25) is 0 Å². The van der Waals surface area contributed by atoms with Gasteiger partial charge in [-0.2, -0.15) is 0 Å². The number of amides is 2. The number of carbonyl (C=O) groups is 1. The van der Waals surface area contributed by atoms with Gasteiger partial charge in [0, 0.05) is 38.8 Å². The second kappa shape index (κ2) is 8.73. The molecule has 3 heterocycles. The molecular weight excluding hydrogens is 352 g/mol. The first kappa shape index (κ1) is 18.3. The Morgan fingerprint density at radius 3 is 2.71 bits per heavy atom. The zero-order chi connectivity index (χ0) is 19.2. The second-order valence-corrected chi connectivity index (χ2v) is 7.13. The Labute approximate surface area is 164 Å². The van der Waals surface area contributed by atoms with Crippen molar-refractivity contribution in [3.8, 4) is 0 Å². The molecule has 1 fully saturated rings. The van der Waals surface area contributed by atoms with E-state index >= 15 is 0 Å². The maximum absolute atomic E-state index is 12.0. The average Bonchev–Trinajstić information content (AvgIpc) is 3.16. The predicted molar refractivity (Wildman–Crippen MR) is 110 cm³/mol. The molecule has 2 aromatic heterocycles. The van der Waals surface area contributed by atoms with Crippen LogP contribution in [0.15, 0.2) is 42.6 Å². The number of aromatic amines is 1. The summed E-state index contributed by atoms with van der Waals surface area (Å²) in [6, 6.07) is 11.8. The van der Waals surface area contributed by atoms with Crippen LogP contribution in [-0.2, 0) is 13.0 Å². The van der Waals surface area contributed by atoms with E-state index in [0.717, 1.165) is 41.3 Å². The van der Waals surface area contributed by atoms with Crippen LogP contribution in [0.4, 0.5) is 10.6 Å². The van der Waals surface area contributed by atoms with Crippen molar-refractivity contribution in [1.82, 2.24) is 25.6 Å². The fraction of sp³-hybridized carbons (Fsp3) is 0.381. The Kier molecular flexibility index (Phi) is 5.70. The number of nitrogens with zero attached hydrogens (tertiary/aromatic N) is 3.